The van der Waals surface area contributed by atoms with Crippen LogP contribution in [-0.2, 0) is 18.0 Å². The number of benzene rings is 2. The lowest BCUT2D eigenvalue weighted by molar-refractivity contribution is -0.137. The van der Waals surface area contributed by atoms with Gasteiger partial charge in [0.1, 0.15) is 0 Å². The van der Waals surface area contributed by atoms with Crippen LogP contribution in [0, 0.1) is 0 Å². The van der Waals surface area contributed by atoms with Gasteiger partial charge in [0.25, 0.3) is 5.91 Å². The van der Waals surface area contributed by atoms with E-state index in [4.69, 9.17) is 0 Å². The number of alkyl halides is 3. The molecule has 1 aromatic heterocycles. The molecule has 12 heteroatoms. The Morgan fingerprint density at radius 1 is 1.07 bits per heavy atom. The maximum Gasteiger partial charge on any atom is 0.416 e. The van der Waals surface area contributed by atoms with Gasteiger partial charge in [-0.25, -0.2) is 4.68 Å². The quantitative estimate of drug-likeness (QED) is 0.576. The third-order valence-corrected chi connectivity index (χ3v) is 4.78. The molecule has 8 nitrogen and oxygen atoms in total. The second kappa shape index (κ2) is 8.95. The Balaban J connectivity index is 1.62. The molecule has 0 unspecified atom stereocenters. The molecule has 0 atom stereocenters. The number of thioether (sulfide) groups is 1. The normalized spacial score (nSPS) is 11.2. The van der Waals surface area contributed by atoms with Crippen molar-refractivity contribution in [3.63, 3.8) is 0 Å². The van der Waals surface area contributed by atoms with Crippen molar-refractivity contribution in [1.82, 2.24) is 20.2 Å². The highest BCUT2D eigenvalue weighted by atomic mass is 32.2. The summed E-state index contributed by atoms with van der Waals surface area (Å²) < 4.78 is 39.9. The van der Waals surface area contributed by atoms with Crippen LogP contribution in [-0.4, -0.2) is 37.8 Å². The average molecular weight is 436 g/mol. The third-order valence-electron chi connectivity index (χ3n) is 3.77. The smallest absolute Gasteiger partial charge is 0.325 e. The summed E-state index contributed by atoms with van der Waals surface area (Å²) in [6.07, 6.45) is -4.51. The number of tetrazole rings is 1. The number of carbonyl (C=O) groups excluding carboxylic acids is 2. The lowest BCUT2D eigenvalue weighted by atomic mass is 10.1. The van der Waals surface area contributed by atoms with Gasteiger partial charge >= 0.3 is 6.18 Å². The first-order valence-corrected chi connectivity index (χ1v) is 9.44. The van der Waals surface area contributed by atoms with E-state index in [0.717, 1.165) is 23.9 Å². The number of rotatable bonds is 6. The first kappa shape index (κ1) is 21.3. The Morgan fingerprint density at radius 3 is 2.43 bits per heavy atom. The van der Waals surface area contributed by atoms with Crippen LogP contribution < -0.4 is 10.6 Å². The Labute approximate surface area is 172 Å². The Morgan fingerprint density at radius 2 is 1.77 bits per heavy atom. The van der Waals surface area contributed by atoms with E-state index >= 15 is 0 Å². The molecule has 0 saturated carbocycles. The molecule has 2 amide bonds. The van der Waals surface area contributed by atoms with E-state index in [9.17, 15) is 22.8 Å². The summed E-state index contributed by atoms with van der Waals surface area (Å²) in [6, 6.07) is 10.4. The molecule has 0 aliphatic heterocycles. The largest absolute Gasteiger partial charge is 0.416 e. The topological polar surface area (TPSA) is 102 Å². The van der Waals surface area contributed by atoms with Crippen LogP contribution in [0.1, 0.15) is 15.9 Å². The summed E-state index contributed by atoms with van der Waals surface area (Å²) >= 11 is 1.14. The number of halogens is 3. The van der Waals surface area contributed by atoms with Crippen molar-refractivity contribution in [2.75, 3.05) is 16.4 Å². The number of aryl methyl sites for hydroxylation is 1. The lowest BCUT2D eigenvalue weighted by Crippen LogP contribution is -2.16. The maximum atomic E-state index is 12.8. The fourth-order valence-corrected chi connectivity index (χ4v) is 3.04. The predicted molar refractivity (Wildman–Crippen MR) is 104 cm³/mol. The third kappa shape index (κ3) is 5.56. The van der Waals surface area contributed by atoms with Gasteiger partial charge in [0, 0.05) is 24.0 Å². The molecule has 30 heavy (non-hydrogen) atoms. The van der Waals surface area contributed by atoms with Crippen molar-refractivity contribution in [1.29, 1.82) is 0 Å². The van der Waals surface area contributed by atoms with Gasteiger partial charge in [-0.1, -0.05) is 23.9 Å². The Hall–Kier alpha value is -3.41. The van der Waals surface area contributed by atoms with Gasteiger partial charge in [-0.15, -0.1) is 5.10 Å². The zero-order valence-corrected chi connectivity index (χ0v) is 16.3. The summed E-state index contributed by atoms with van der Waals surface area (Å²) in [6.45, 7) is 0. The minimum absolute atomic E-state index is 0.0120. The van der Waals surface area contributed by atoms with Crippen molar-refractivity contribution < 1.29 is 22.8 Å². The molecule has 0 aliphatic rings. The SMILES string of the molecule is Cn1nnnc1SCC(=O)Nc1cccc(C(=O)Nc2cccc(C(F)(F)F)c2)c1. The summed E-state index contributed by atoms with van der Waals surface area (Å²) in [5.74, 6) is -0.891. The van der Waals surface area contributed by atoms with Crippen molar-refractivity contribution in [3.05, 3.63) is 59.7 Å². The zero-order valence-electron chi connectivity index (χ0n) is 15.5. The molecule has 3 aromatic rings. The van der Waals surface area contributed by atoms with E-state index in [-0.39, 0.29) is 22.9 Å². The van der Waals surface area contributed by atoms with Gasteiger partial charge < -0.3 is 10.6 Å². The van der Waals surface area contributed by atoms with Crippen molar-refractivity contribution in [3.8, 4) is 0 Å². The van der Waals surface area contributed by atoms with E-state index in [1.54, 1.807) is 19.2 Å². The molecule has 0 saturated heterocycles. The van der Waals surface area contributed by atoms with Gasteiger partial charge in [0.05, 0.1) is 11.3 Å². The summed E-state index contributed by atoms with van der Waals surface area (Å²) in [5, 5.41) is 16.4. The van der Waals surface area contributed by atoms with Gasteiger partial charge in [0.2, 0.25) is 11.1 Å². The number of hydrogen-bond acceptors (Lipinski definition) is 6. The van der Waals surface area contributed by atoms with Crippen LogP contribution in [0.25, 0.3) is 0 Å². The monoisotopic (exact) mass is 436 g/mol. The molecule has 1 heterocycles. The van der Waals surface area contributed by atoms with Gasteiger partial charge in [-0.3, -0.25) is 9.59 Å². The molecular weight excluding hydrogens is 421 g/mol. The summed E-state index contributed by atoms with van der Waals surface area (Å²) in [4.78, 5) is 24.5. The molecule has 0 spiro atoms. The minimum atomic E-state index is -4.51. The first-order chi connectivity index (χ1) is 14.2. The summed E-state index contributed by atoms with van der Waals surface area (Å²) in [7, 11) is 1.65. The maximum absolute atomic E-state index is 12.8. The van der Waals surface area contributed by atoms with Crippen LogP contribution in [0.4, 0.5) is 24.5 Å². The molecule has 3 rings (SSSR count). The van der Waals surface area contributed by atoms with Crippen molar-refractivity contribution in [2.24, 2.45) is 7.05 Å². The van der Waals surface area contributed by atoms with E-state index in [2.05, 4.69) is 26.2 Å². The molecule has 0 aliphatic carbocycles. The van der Waals surface area contributed by atoms with Crippen molar-refractivity contribution >= 4 is 35.0 Å². The highest BCUT2D eigenvalue weighted by molar-refractivity contribution is 7.99. The number of carbonyl (C=O) groups is 2. The highest BCUT2D eigenvalue weighted by Crippen LogP contribution is 2.30. The van der Waals surface area contributed by atoms with E-state index < -0.39 is 17.6 Å². The second-order valence-electron chi connectivity index (χ2n) is 6.04. The standard InChI is InChI=1S/C18H15F3N6O2S/c1-27-17(24-25-26-27)30-10-15(28)22-13-6-2-4-11(8-13)16(29)23-14-7-3-5-12(9-14)18(19,20)21/h2-9H,10H2,1H3,(H,22,28)(H,23,29). The Kier molecular flexibility index (Phi) is 6.35. The number of amides is 2. The number of nitrogens with one attached hydrogen (secondary N) is 2. The van der Waals surface area contributed by atoms with Gasteiger partial charge in [0.15, 0.2) is 0 Å². The summed E-state index contributed by atoms with van der Waals surface area (Å²) in [5.41, 5.74) is -0.307. The van der Waals surface area contributed by atoms with Gasteiger partial charge in [-0.05, 0) is 46.8 Å². The predicted octanol–water partition coefficient (Wildman–Crippen LogP) is 3.21. The number of aromatic nitrogens is 4. The fourth-order valence-electron chi connectivity index (χ4n) is 2.39. The minimum Gasteiger partial charge on any atom is -0.325 e. The number of anilines is 2. The van der Waals surface area contributed by atoms with Crippen LogP contribution in [0.5, 0.6) is 0 Å². The molecule has 0 radical (unpaired) electrons. The lowest BCUT2D eigenvalue weighted by Gasteiger charge is -2.11. The molecule has 0 fully saturated rings. The number of nitrogens with zero attached hydrogens (tertiary/aromatic N) is 4. The second-order valence-corrected chi connectivity index (χ2v) is 6.98. The van der Waals surface area contributed by atoms with E-state index in [1.165, 1.54) is 28.9 Å². The Bertz CT molecular complexity index is 1070. The molecular formula is C18H15F3N6O2S. The fraction of sp³-hybridized carbons (Fsp3) is 0.167. The van der Waals surface area contributed by atoms with Gasteiger partial charge in [-0.2, -0.15) is 13.2 Å². The first-order valence-electron chi connectivity index (χ1n) is 8.46. The van der Waals surface area contributed by atoms with Crippen molar-refractivity contribution in [2.45, 2.75) is 11.3 Å². The molecule has 2 N–H and O–H groups in total. The van der Waals surface area contributed by atoms with Crippen LogP contribution >= 0.6 is 11.8 Å². The molecule has 2 aromatic carbocycles. The average Bonchev–Trinajstić information content (AvgIpc) is 3.11. The van der Waals surface area contributed by atoms with Crippen LogP contribution in [0.15, 0.2) is 53.7 Å². The van der Waals surface area contributed by atoms with Crippen LogP contribution in [0.3, 0.4) is 0 Å². The molecule has 156 valence electrons. The molecule has 0 bridgehead atoms. The van der Waals surface area contributed by atoms with Crippen LogP contribution in [0.2, 0.25) is 0 Å². The van der Waals surface area contributed by atoms with E-state index in [1.807, 2.05) is 0 Å². The van der Waals surface area contributed by atoms with E-state index in [0.29, 0.717) is 10.8 Å². The number of hydrogen-bond donors (Lipinski definition) is 2. The highest BCUT2D eigenvalue weighted by Gasteiger charge is 2.30. The zero-order chi connectivity index (χ0) is 21.7.